The van der Waals surface area contributed by atoms with Crippen molar-refractivity contribution in [1.29, 1.82) is 0 Å². The van der Waals surface area contributed by atoms with Gasteiger partial charge in [-0.1, -0.05) is 22.4 Å². The van der Waals surface area contributed by atoms with Crippen molar-refractivity contribution in [3.63, 3.8) is 0 Å². The second-order valence-electron chi connectivity index (χ2n) is 11.9. The summed E-state index contributed by atoms with van der Waals surface area (Å²) in [6, 6.07) is 7.13. The Morgan fingerprint density at radius 3 is 2.58 bits per heavy atom. The Hall–Kier alpha value is -3.01. The van der Waals surface area contributed by atoms with Gasteiger partial charge in [-0.25, -0.2) is 4.39 Å². The normalized spacial score (nSPS) is 36.8. The highest BCUT2D eigenvalue weighted by Crippen LogP contribution is 2.70. The second-order valence-corrected chi connectivity index (χ2v) is 11.9. The highest BCUT2D eigenvalue weighted by Gasteiger charge is 2.73. The van der Waals surface area contributed by atoms with E-state index in [-0.39, 0.29) is 17.2 Å². The van der Waals surface area contributed by atoms with Crippen molar-refractivity contribution in [2.75, 3.05) is 18.1 Å². The largest absolute Gasteiger partial charge is 0.409 e. The molecule has 5 saturated carbocycles. The van der Waals surface area contributed by atoms with Crippen LogP contribution in [0.15, 0.2) is 33.9 Å². The Kier molecular flexibility index (Phi) is 4.49. The number of alkyl halides is 1. The van der Waals surface area contributed by atoms with E-state index < -0.39 is 16.7 Å². The van der Waals surface area contributed by atoms with E-state index in [4.69, 9.17) is 20.2 Å². The number of benzene rings is 1. The summed E-state index contributed by atoms with van der Waals surface area (Å²) in [5, 5.41) is 16.4. The van der Waals surface area contributed by atoms with Crippen LogP contribution < -0.4 is 10.6 Å². The number of hydrogen-bond acceptors (Lipinski definition) is 7. The van der Waals surface area contributed by atoms with Crippen LogP contribution in [0.3, 0.4) is 0 Å². The van der Waals surface area contributed by atoms with E-state index in [1.54, 1.807) is 23.1 Å². The first-order chi connectivity index (χ1) is 17.3. The van der Waals surface area contributed by atoms with Crippen molar-refractivity contribution >= 4 is 17.4 Å². The molecule has 10 heteroatoms. The summed E-state index contributed by atoms with van der Waals surface area (Å²) in [5.41, 5.74) is 4.47. The SMILES string of the molecule is N/C(=N\O)c1cccc(N(CC23CCC(c4nc(C5CC5)no4)(CC2)OC3)C(=O)C23CC(F)(C2)C3)c1. The van der Waals surface area contributed by atoms with Crippen molar-refractivity contribution < 1.29 is 23.7 Å². The predicted octanol–water partition coefficient (Wildman–Crippen LogP) is 3.75. The van der Waals surface area contributed by atoms with Gasteiger partial charge >= 0.3 is 0 Å². The molecule has 0 radical (unpaired) electrons. The molecule has 1 aromatic heterocycles. The van der Waals surface area contributed by atoms with E-state index in [2.05, 4.69) is 15.3 Å². The molecule has 2 aliphatic heterocycles. The van der Waals surface area contributed by atoms with Crippen molar-refractivity contribution in [2.45, 2.75) is 75.0 Å². The van der Waals surface area contributed by atoms with Crippen molar-refractivity contribution in [3.05, 3.63) is 41.5 Å². The van der Waals surface area contributed by atoms with E-state index in [0.717, 1.165) is 44.3 Å². The van der Waals surface area contributed by atoms with Crippen LogP contribution in [-0.4, -0.2) is 45.9 Å². The van der Waals surface area contributed by atoms with Crippen LogP contribution in [0, 0.1) is 10.8 Å². The summed E-state index contributed by atoms with van der Waals surface area (Å²) < 4.78 is 26.4. The molecule has 9 nitrogen and oxygen atoms in total. The molecule has 9 rings (SSSR count). The average Bonchev–Trinajstić information content (AvgIpc) is 3.60. The monoisotopic (exact) mass is 495 g/mol. The Bertz CT molecular complexity index is 1230. The van der Waals surface area contributed by atoms with Gasteiger partial charge in [0.1, 0.15) is 11.3 Å². The van der Waals surface area contributed by atoms with E-state index >= 15 is 0 Å². The van der Waals surface area contributed by atoms with E-state index in [1.807, 2.05) is 6.07 Å². The first-order valence-corrected chi connectivity index (χ1v) is 12.8. The zero-order chi connectivity index (χ0) is 24.8. The van der Waals surface area contributed by atoms with Crippen LogP contribution in [0.4, 0.5) is 10.1 Å². The van der Waals surface area contributed by atoms with Crippen molar-refractivity contribution in [1.82, 2.24) is 10.1 Å². The molecular formula is C26H30FN5O4. The number of aromatic nitrogens is 2. The minimum Gasteiger partial charge on any atom is -0.409 e. The zero-order valence-electron chi connectivity index (χ0n) is 20.1. The van der Waals surface area contributed by atoms with Gasteiger partial charge in [0.05, 0.1) is 12.0 Å². The topological polar surface area (TPSA) is 127 Å². The van der Waals surface area contributed by atoms with E-state index in [0.29, 0.717) is 55.5 Å². The smallest absolute Gasteiger partial charge is 0.258 e. The number of fused-ring (bicyclic) bond motifs is 3. The fourth-order valence-corrected chi connectivity index (χ4v) is 6.85. The number of anilines is 1. The summed E-state index contributed by atoms with van der Waals surface area (Å²) in [6.07, 6.45) is 6.33. The van der Waals surface area contributed by atoms with Crippen molar-refractivity contribution in [3.8, 4) is 0 Å². The van der Waals surface area contributed by atoms with Crippen LogP contribution in [-0.2, 0) is 15.1 Å². The van der Waals surface area contributed by atoms with Gasteiger partial charge in [-0.3, -0.25) is 4.79 Å². The molecule has 5 aliphatic carbocycles. The second kappa shape index (κ2) is 7.27. The van der Waals surface area contributed by atoms with Crippen LogP contribution in [0.1, 0.15) is 81.0 Å². The summed E-state index contributed by atoms with van der Waals surface area (Å²) >= 11 is 0. The molecule has 3 N–H and O–H groups in total. The lowest BCUT2D eigenvalue weighted by Crippen LogP contribution is -2.71. The number of carbonyl (C=O) groups excluding carboxylic acids is 1. The lowest BCUT2D eigenvalue weighted by molar-refractivity contribution is -0.214. The van der Waals surface area contributed by atoms with E-state index in [9.17, 15) is 9.18 Å². The third-order valence-corrected chi connectivity index (χ3v) is 9.27. The molecule has 1 amide bonds. The van der Waals surface area contributed by atoms with Gasteiger partial charge in [-0.05, 0) is 69.9 Å². The maximum Gasteiger partial charge on any atom is 0.258 e. The summed E-state index contributed by atoms with van der Waals surface area (Å²) in [6.45, 7) is 0.956. The number of rotatable bonds is 7. The molecular weight excluding hydrogens is 465 g/mol. The highest BCUT2D eigenvalue weighted by molar-refractivity contribution is 6.02. The highest BCUT2D eigenvalue weighted by atomic mass is 19.1. The fraction of sp³-hybridized carbons (Fsp3) is 0.615. The van der Waals surface area contributed by atoms with Crippen LogP contribution in [0.2, 0.25) is 0 Å². The number of amidine groups is 1. The first-order valence-electron chi connectivity index (χ1n) is 12.8. The van der Waals surface area contributed by atoms with Crippen LogP contribution in [0.5, 0.6) is 0 Å². The Morgan fingerprint density at radius 2 is 1.97 bits per heavy atom. The summed E-state index contributed by atoms with van der Waals surface area (Å²) in [4.78, 5) is 20.3. The number of nitrogens with two attached hydrogens (primary N) is 1. The maximum absolute atomic E-state index is 14.4. The summed E-state index contributed by atoms with van der Waals surface area (Å²) in [7, 11) is 0. The number of oxime groups is 1. The molecule has 7 fully saturated rings. The third kappa shape index (κ3) is 3.22. The van der Waals surface area contributed by atoms with Gasteiger partial charge in [0.25, 0.3) is 5.89 Å². The average molecular weight is 496 g/mol. The lowest BCUT2D eigenvalue weighted by atomic mass is 9.41. The van der Waals surface area contributed by atoms with Crippen LogP contribution in [0.25, 0.3) is 0 Å². The number of carbonyl (C=O) groups is 1. The molecule has 3 heterocycles. The maximum atomic E-state index is 14.4. The predicted molar refractivity (Wildman–Crippen MR) is 126 cm³/mol. The van der Waals surface area contributed by atoms with Crippen molar-refractivity contribution in [2.24, 2.45) is 21.7 Å². The number of ether oxygens (including phenoxy) is 1. The van der Waals surface area contributed by atoms with Gasteiger partial charge in [0.15, 0.2) is 11.7 Å². The molecule has 1 aromatic carbocycles. The van der Waals surface area contributed by atoms with Gasteiger partial charge in [0.2, 0.25) is 5.91 Å². The number of nitrogens with zero attached hydrogens (tertiary/aromatic N) is 4. The number of amides is 1. The molecule has 36 heavy (non-hydrogen) atoms. The molecule has 7 aliphatic rings. The Labute approximate surface area is 207 Å². The number of hydrogen-bond donors (Lipinski definition) is 2. The first kappa shape index (κ1) is 22.2. The number of halogens is 1. The third-order valence-electron chi connectivity index (χ3n) is 9.27. The molecule has 2 saturated heterocycles. The molecule has 2 aromatic rings. The Morgan fingerprint density at radius 1 is 1.22 bits per heavy atom. The molecule has 0 atom stereocenters. The molecule has 4 bridgehead atoms. The van der Waals surface area contributed by atoms with Gasteiger partial charge < -0.3 is 25.1 Å². The van der Waals surface area contributed by atoms with Crippen LogP contribution >= 0.6 is 0 Å². The van der Waals surface area contributed by atoms with Gasteiger partial charge in [-0.2, -0.15) is 4.98 Å². The quantitative estimate of drug-likeness (QED) is 0.259. The fourth-order valence-electron chi connectivity index (χ4n) is 6.85. The standard InChI is InChI=1S/C26H30FN5O4/c27-25-11-24(12-25,13-25)22(33)32(18-3-1-2-17(10-18)19(28)30-34)14-23-6-8-26(9-7-23,35-15-23)21-29-20(31-36-21)16-4-5-16/h1-3,10,16,34H,4-9,11-15H2,(H2,28,30). The van der Waals surface area contributed by atoms with Gasteiger partial charge in [-0.15, -0.1) is 0 Å². The summed E-state index contributed by atoms with van der Waals surface area (Å²) in [5.74, 6) is 1.73. The minimum atomic E-state index is -1.17. The van der Waals surface area contributed by atoms with Gasteiger partial charge in [0, 0.05) is 29.1 Å². The zero-order valence-corrected chi connectivity index (χ0v) is 20.1. The lowest BCUT2D eigenvalue weighted by Gasteiger charge is -2.65. The van der Waals surface area contributed by atoms with E-state index in [1.165, 1.54) is 0 Å². The minimum absolute atomic E-state index is 0.0239. The molecule has 190 valence electrons. The molecule has 0 spiro atoms. The molecule has 0 unspecified atom stereocenters. The Balaban J connectivity index is 1.15.